The fourth-order valence-electron chi connectivity index (χ4n) is 2.29. The quantitative estimate of drug-likeness (QED) is 0.759. The van der Waals surface area contributed by atoms with E-state index in [1.54, 1.807) is 33.5 Å². The summed E-state index contributed by atoms with van der Waals surface area (Å²) in [4.78, 5) is 0. The van der Waals surface area contributed by atoms with E-state index in [1.807, 2.05) is 0 Å². The molecule has 0 aliphatic carbocycles. The molecule has 0 saturated carbocycles. The van der Waals surface area contributed by atoms with Crippen molar-refractivity contribution in [3.8, 4) is 23.0 Å². The zero-order valence-corrected chi connectivity index (χ0v) is 13.6. The van der Waals surface area contributed by atoms with Gasteiger partial charge in [0.05, 0.1) is 21.3 Å². The van der Waals surface area contributed by atoms with Crippen LogP contribution in [0.25, 0.3) is 0 Å². The number of hydrogen-bond acceptors (Lipinski definition) is 5. The molecule has 0 aromatic heterocycles. The van der Waals surface area contributed by atoms with Crippen LogP contribution in [0.15, 0.2) is 12.1 Å². The van der Waals surface area contributed by atoms with E-state index in [1.165, 1.54) is 0 Å². The Hall–Kier alpha value is -1.62. The van der Waals surface area contributed by atoms with E-state index in [0.717, 1.165) is 19.3 Å². The van der Waals surface area contributed by atoms with Crippen molar-refractivity contribution < 1.29 is 18.9 Å². The molecule has 120 valence electrons. The van der Waals surface area contributed by atoms with Crippen LogP contribution in [0.2, 0.25) is 0 Å². The van der Waals surface area contributed by atoms with Crippen LogP contribution in [0.4, 0.5) is 0 Å². The summed E-state index contributed by atoms with van der Waals surface area (Å²) in [6.45, 7) is 4.18. The highest BCUT2D eigenvalue weighted by Crippen LogP contribution is 2.41. The largest absolute Gasteiger partial charge is 0.493 e. The maximum atomic E-state index is 6.17. The molecule has 0 spiro atoms. The predicted molar refractivity (Wildman–Crippen MR) is 83.7 cm³/mol. The van der Waals surface area contributed by atoms with Crippen molar-refractivity contribution in [1.82, 2.24) is 0 Å². The Labute approximate surface area is 127 Å². The first-order valence-electron chi connectivity index (χ1n) is 7.33. The van der Waals surface area contributed by atoms with Gasteiger partial charge in [-0.15, -0.1) is 0 Å². The molecule has 2 atom stereocenters. The van der Waals surface area contributed by atoms with Gasteiger partial charge >= 0.3 is 0 Å². The van der Waals surface area contributed by atoms with Crippen LogP contribution in [-0.2, 0) is 0 Å². The normalized spacial score (nSPS) is 13.4. The minimum absolute atomic E-state index is 0.0130. The Morgan fingerprint density at radius 2 is 1.57 bits per heavy atom. The molecule has 2 unspecified atom stereocenters. The first kappa shape index (κ1) is 17.4. The molecule has 1 aromatic rings. The van der Waals surface area contributed by atoms with Crippen molar-refractivity contribution in [2.24, 2.45) is 5.73 Å². The lowest BCUT2D eigenvalue weighted by molar-refractivity contribution is 0.160. The summed E-state index contributed by atoms with van der Waals surface area (Å²) in [6, 6.07) is 3.60. The van der Waals surface area contributed by atoms with Crippen LogP contribution in [-0.4, -0.2) is 33.5 Å². The van der Waals surface area contributed by atoms with Gasteiger partial charge in [0.25, 0.3) is 0 Å². The summed E-state index contributed by atoms with van der Waals surface area (Å²) in [6.07, 6.45) is 2.78. The number of benzene rings is 1. The number of methoxy groups -OCH3 is 3. The molecule has 0 aliphatic heterocycles. The molecule has 0 aliphatic rings. The van der Waals surface area contributed by atoms with Crippen molar-refractivity contribution in [3.05, 3.63) is 12.1 Å². The van der Waals surface area contributed by atoms with Crippen molar-refractivity contribution in [1.29, 1.82) is 0 Å². The molecular formula is C16H27NO4. The zero-order chi connectivity index (χ0) is 15.8. The Morgan fingerprint density at radius 3 is 1.95 bits per heavy atom. The summed E-state index contributed by atoms with van der Waals surface area (Å²) >= 11 is 0. The zero-order valence-electron chi connectivity index (χ0n) is 13.6. The molecule has 0 amide bonds. The smallest absolute Gasteiger partial charge is 0.203 e. The van der Waals surface area contributed by atoms with Crippen LogP contribution in [0.3, 0.4) is 0 Å². The van der Waals surface area contributed by atoms with Crippen molar-refractivity contribution >= 4 is 0 Å². The van der Waals surface area contributed by atoms with Crippen LogP contribution in [0.1, 0.15) is 33.1 Å². The van der Waals surface area contributed by atoms with Crippen LogP contribution in [0, 0.1) is 0 Å². The minimum atomic E-state index is -0.0345. The summed E-state index contributed by atoms with van der Waals surface area (Å²) in [7, 11) is 4.75. The minimum Gasteiger partial charge on any atom is -0.493 e. The van der Waals surface area contributed by atoms with E-state index in [0.29, 0.717) is 23.0 Å². The third-order valence-electron chi connectivity index (χ3n) is 3.43. The van der Waals surface area contributed by atoms with Gasteiger partial charge in [-0.05, 0) is 12.8 Å². The van der Waals surface area contributed by atoms with Crippen molar-refractivity contribution in [3.63, 3.8) is 0 Å². The third-order valence-corrected chi connectivity index (χ3v) is 3.43. The van der Waals surface area contributed by atoms with Gasteiger partial charge < -0.3 is 24.7 Å². The summed E-state index contributed by atoms with van der Waals surface area (Å²) in [5.74, 6) is 2.37. The van der Waals surface area contributed by atoms with E-state index >= 15 is 0 Å². The molecule has 0 bridgehead atoms. The fraction of sp³-hybridized carbons (Fsp3) is 0.625. The highest BCUT2D eigenvalue weighted by Gasteiger charge is 2.20. The lowest BCUT2D eigenvalue weighted by atomic mass is 10.0. The van der Waals surface area contributed by atoms with E-state index in [2.05, 4.69) is 13.8 Å². The number of rotatable bonds is 9. The van der Waals surface area contributed by atoms with Gasteiger partial charge in [-0.2, -0.15) is 0 Å². The molecule has 0 heterocycles. The van der Waals surface area contributed by atoms with Crippen LogP contribution in [0.5, 0.6) is 23.0 Å². The van der Waals surface area contributed by atoms with Gasteiger partial charge in [0.1, 0.15) is 11.9 Å². The lowest BCUT2D eigenvalue weighted by Gasteiger charge is -2.24. The maximum Gasteiger partial charge on any atom is 0.203 e. The average Bonchev–Trinajstić information content (AvgIpc) is 2.51. The Kier molecular flexibility index (Phi) is 7.15. The van der Waals surface area contributed by atoms with E-state index in [-0.39, 0.29) is 12.1 Å². The molecule has 1 aromatic carbocycles. The lowest BCUT2D eigenvalue weighted by Crippen LogP contribution is -2.38. The topological polar surface area (TPSA) is 62.9 Å². The number of hydrogen-bond donors (Lipinski definition) is 1. The van der Waals surface area contributed by atoms with E-state index in [9.17, 15) is 0 Å². The fourth-order valence-corrected chi connectivity index (χ4v) is 2.29. The predicted octanol–water partition coefficient (Wildman–Crippen LogP) is 3.00. The highest BCUT2D eigenvalue weighted by atomic mass is 16.5. The molecule has 0 fully saturated rings. The Morgan fingerprint density at radius 1 is 1.00 bits per heavy atom. The molecule has 5 heteroatoms. The Bertz CT molecular complexity index is 411. The maximum absolute atomic E-state index is 6.17. The second-order valence-electron chi connectivity index (χ2n) is 4.88. The van der Waals surface area contributed by atoms with Crippen LogP contribution >= 0.6 is 0 Å². The Balaban J connectivity index is 3.01. The number of nitrogens with two attached hydrogens (primary N) is 1. The second-order valence-corrected chi connectivity index (χ2v) is 4.88. The summed E-state index contributed by atoms with van der Waals surface area (Å²) in [5.41, 5.74) is 6.17. The van der Waals surface area contributed by atoms with Gasteiger partial charge in [-0.1, -0.05) is 20.3 Å². The number of ether oxygens (including phenoxy) is 4. The third kappa shape index (κ3) is 4.43. The first-order chi connectivity index (χ1) is 10.1. The van der Waals surface area contributed by atoms with E-state index < -0.39 is 0 Å². The van der Waals surface area contributed by atoms with E-state index in [4.69, 9.17) is 24.7 Å². The van der Waals surface area contributed by atoms with Gasteiger partial charge in [0, 0.05) is 18.2 Å². The molecular weight excluding hydrogens is 270 g/mol. The van der Waals surface area contributed by atoms with Gasteiger partial charge in [-0.3, -0.25) is 0 Å². The average molecular weight is 297 g/mol. The molecule has 0 radical (unpaired) electrons. The monoisotopic (exact) mass is 297 g/mol. The van der Waals surface area contributed by atoms with Crippen molar-refractivity contribution in [2.75, 3.05) is 21.3 Å². The summed E-state index contributed by atoms with van der Waals surface area (Å²) in [5, 5.41) is 0. The standard InChI is InChI=1S/C16H27NO4/c1-6-8-12(17)13(7-2)21-11-9-14(18-3)16(20-5)15(10-11)19-4/h9-10,12-13H,6-8,17H2,1-5H3. The SMILES string of the molecule is CCCC(N)C(CC)Oc1cc(OC)c(OC)c(OC)c1. The summed E-state index contributed by atoms with van der Waals surface area (Å²) < 4.78 is 22.0. The van der Waals surface area contributed by atoms with Gasteiger partial charge in [0.2, 0.25) is 5.75 Å². The second kappa shape index (κ2) is 8.62. The molecule has 2 N–H and O–H groups in total. The molecule has 0 saturated heterocycles. The van der Waals surface area contributed by atoms with Crippen LogP contribution < -0.4 is 24.7 Å². The molecule has 1 rings (SSSR count). The first-order valence-corrected chi connectivity index (χ1v) is 7.33. The molecule has 21 heavy (non-hydrogen) atoms. The molecule has 5 nitrogen and oxygen atoms in total. The van der Waals surface area contributed by atoms with Gasteiger partial charge in [0.15, 0.2) is 11.5 Å². The van der Waals surface area contributed by atoms with Crippen molar-refractivity contribution in [2.45, 2.75) is 45.3 Å². The highest BCUT2D eigenvalue weighted by molar-refractivity contribution is 5.55. The van der Waals surface area contributed by atoms with Gasteiger partial charge in [-0.25, -0.2) is 0 Å².